The topological polar surface area (TPSA) is 15.3 Å². The van der Waals surface area contributed by atoms with Gasteiger partial charge >= 0.3 is 0 Å². The molecule has 0 aromatic heterocycles. The van der Waals surface area contributed by atoms with Gasteiger partial charge in [-0.15, -0.1) is 0 Å². The fourth-order valence-electron chi connectivity index (χ4n) is 2.41. The first-order valence-electron chi connectivity index (χ1n) is 6.44. The summed E-state index contributed by atoms with van der Waals surface area (Å²) in [6, 6.07) is 5.27. The molecule has 1 aromatic rings. The highest BCUT2D eigenvalue weighted by molar-refractivity contribution is 9.10. The largest absolute Gasteiger partial charge is 0.309 e. The van der Waals surface area contributed by atoms with Crippen molar-refractivity contribution in [1.82, 2.24) is 10.2 Å². The lowest BCUT2D eigenvalue weighted by Crippen LogP contribution is -2.58. The second-order valence-corrected chi connectivity index (χ2v) is 6.15. The van der Waals surface area contributed by atoms with Gasteiger partial charge in [-0.25, -0.2) is 4.39 Å². The Kier molecular flexibility index (Phi) is 4.41. The van der Waals surface area contributed by atoms with E-state index in [-0.39, 0.29) is 11.4 Å². The van der Waals surface area contributed by atoms with E-state index in [1.165, 1.54) is 6.07 Å². The van der Waals surface area contributed by atoms with Crippen molar-refractivity contribution in [2.45, 2.75) is 32.4 Å². The standard InChI is InChI=1S/C14H20BrFN2/c1-3-14(2)10-18(7-6-17-14)9-11-4-5-13(16)12(15)8-11/h4-5,8,17H,3,6-7,9-10H2,1-2H3. The fourth-order valence-corrected chi connectivity index (χ4v) is 2.84. The Bertz CT molecular complexity index is 424. The van der Waals surface area contributed by atoms with E-state index in [2.05, 4.69) is 40.0 Å². The van der Waals surface area contributed by atoms with Gasteiger partial charge in [0.25, 0.3) is 0 Å². The number of hydrogen-bond acceptors (Lipinski definition) is 2. The van der Waals surface area contributed by atoms with Crippen molar-refractivity contribution in [3.8, 4) is 0 Å². The van der Waals surface area contributed by atoms with Crippen molar-refractivity contribution >= 4 is 15.9 Å². The van der Waals surface area contributed by atoms with Crippen LogP contribution in [0.1, 0.15) is 25.8 Å². The first-order chi connectivity index (χ1) is 8.52. The average Bonchev–Trinajstić information content (AvgIpc) is 2.34. The summed E-state index contributed by atoms with van der Waals surface area (Å²) in [4.78, 5) is 2.43. The summed E-state index contributed by atoms with van der Waals surface area (Å²) in [7, 11) is 0. The maximum atomic E-state index is 13.2. The van der Waals surface area contributed by atoms with Gasteiger partial charge in [0.05, 0.1) is 4.47 Å². The molecule has 100 valence electrons. The Morgan fingerprint density at radius 1 is 1.50 bits per heavy atom. The molecule has 0 amide bonds. The van der Waals surface area contributed by atoms with Crippen molar-refractivity contribution in [1.29, 1.82) is 0 Å². The number of nitrogens with one attached hydrogen (secondary N) is 1. The van der Waals surface area contributed by atoms with E-state index >= 15 is 0 Å². The average molecular weight is 315 g/mol. The van der Waals surface area contributed by atoms with Gasteiger partial charge in [-0.3, -0.25) is 4.90 Å². The highest BCUT2D eigenvalue weighted by Gasteiger charge is 2.28. The molecule has 1 saturated heterocycles. The van der Waals surface area contributed by atoms with Gasteiger partial charge in [-0.05, 0) is 47.0 Å². The van der Waals surface area contributed by atoms with E-state index < -0.39 is 0 Å². The minimum Gasteiger partial charge on any atom is -0.309 e. The van der Waals surface area contributed by atoms with Crippen molar-refractivity contribution in [2.24, 2.45) is 0 Å². The third kappa shape index (κ3) is 3.31. The summed E-state index contributed by atoms with van der Waals surface area (Å²) in [6.07, 6.45) is 1.12. The van der Waals surface area contributed by atoms with Crippen LogP contribution in [0.4, 0.5) is 4.39 Å². The Morgan fingerprint density at radius 3 is 2.94 bits per heavy atom. The van der Waals surface area contributed by atoms with E-state index in [9.17, 15) is 4.39 Å². The molecule has 4 heteroatoms. The van der Waals surface area contributed by atoms with Gasteiger partial charge in [0, 0.05) is 31.7 Å². The Balaban J connectivity index is 2.02. The zero-order chi connectivity index (χ0) is 13.2. The van der Waals surface area contributed by atoms with E-state index in [4.69, 9.17) is 0 Å². The molecule has 0 saturated carbocycles. The first-order valence-corrected chi connectivity index (χ1v) is 7.23. The highest BCUT2D eigenvalue weighted by Crippen LogP contribution is 2.20. The molecular weight excluding hydrogens is 295 g/mol. The van der Waals surface area contributed by atoms with Crippen LogP contribution >= 0.6 is 15.9 Å². The Morgan fingerprint density at radius 2 is 2.28 bits per heavy atom. The van der Waals surface area contributed by atoms with Crippen LogP contribution in [-0.4, -0.2) is 30.1 Å². The second-order valence-electron chi connectivity index (χ2n) is 5.30. The molecular formula is C14H20BrFN2. The molecule has 2 rings (SSSR count). The fraction of sp³-hybridized carbons (Fsp3) is 0.571. The lowest BCUT2D eigenvalue weighted by atomic mass is 9.95. The molecule has 1 atom stereocenters. The van der Waals surface area contributed by atoms with Crippen LogP contribution < -0.4 is 5.32 Å². The molecule has 1 unspecified atom stereocenters. The molecule has 1 aromatic carbocycles. The van der Waals surface area contributed by atoms with Gasteiger partial charge in [0.1, 0.15) is 5.82 Å². The van der Waals surface area contributed by atoms with Crippen LogP contribution in [0.15, 0.2) is 22.7 Å². The van der Waals surface area contributed by atoms with Gasteiger partial charge < -0.3 is 5.32 Å². The third-order valence-electron chi connectivity index (χ3n) is 3.72. The molecule has 1 N–H and O–H groups in total. The van der Waals surface area contributed by atoms with Crippen LogP contribution in [0.5, 0.6) is 0 Å². The quantitative estimate of drug-likeness (QED) is 0.922. The Hall–Kier alpha value is -0.450. The second kappa shape index (κ2) is 5.68. The maximum absolute atomic E-state index is 13.2. The number of rotatable bonds is 3. The van der Waals surface area contributed by atoms with Crippen LogP contribution in [0.2, 0.25) is 0 Å². The number of benzene rings is 1. The number of halogens is 2. The van der Waals surface area contributed by atoms with Crippen LogP contribution in [-0.2, 0) is 6.54 Å². The third-order valence-corrected chi connectivity index (χ3v) is 4.33. The highest BCUT2D eigenvalue weighted by atomic mass is 79.9. The van der Waals surface area contributed by atoms with Gasteiger partial charge in [-0.2, -0.15) is 0 Å². The first kappa shape index (κ1) is 14.0. The Labute approximate surface area is 117 Å². The number of piperazine rings is 1. The molecule has 1 fully saturated rings. The lowest BCUT2D eigenvalue weighted by molar-refractivity contribution is 0.133. The van der Waals surface area contributed by atoms with Gasteiger partial charge in [-0.1, -0.05) is 13.0 Å². The van der Waals surface area contributed by atoms with Gasteiger partial charge in [0.15, 0.2) is 0 Å². The predicted octanol–water partition coefficient (Wildman–Crippen LogP) is 3.16. The van der Waals surface area contributed by atoms with Crippen molar-refractivity contribution in [3.63, 3.8) is 0 Å². The van der Waals surface area contributed by atoms with Crippen LogP contribution in [0.25, 0.3) is 0 Å². The molecule has 1 aliphatic heterocycles. The lowest BCUT2D eigenvalue weighted by Gasteiger charge is -2.41. The van der Waals surface area contributed by atoms with E-state index in [1.54, 1.807) is 0 Å². The summed E-state index contributed by atoms with van der Waals surface area (Å²) in [5, 5.41) is 3.57. The molecule has 0 bridgehead atoms. The van der Waals surface area contributed by atoms with E-state index in [1.807, 2.05) is 12.1 Å². The zero-order valence-electron chi connectivity index (χ0n) is 11.0. The monoisotopic (exact) mass is 314 g/mol. The van der Waals surface area contributed by atoms with Crippen molar-refractivity contribution in [3.05, 3.63) is 34.1 Å². The molecule has 0 spiro atoms. The van der Waals surface area contributed by atoms with E-state index in [0.717, 1.165) is 38.2 Å². The zero-order valence-corrected chi connectivity index (χ0v) is 12.6. The summed E-state index contributed by atoms with van der Waals surface area (Å²) >= 11 is 3.24. The minimum atomic E-state index is -0.197. The van der Waals surface area contributed by atoms with Crippen molar-refractivity contribution in [2.75, 3.05) is 19.6 Å². The normalized spacial score (nSPS) is 25.3. The predicted molar refractivity (Wildman–Crippen MR) is 76.1 cm³/mol. The molecule has 0 aliphatic carbocycles. The summed E-state index contributed by atoms with van der Waals surface area (Å²) in [5.74, 6) is -0.197. The maximum Gasteiger partial charge on any atom is 0.137 e. The number of hydrogen-bond donors (Lipinski definition) is 1. The molecule has 1 heterocycles. The number of nitrogens with zero attached hydrogens (tertiary/aromatic N) is 1. The smallest absolute Gasteiger partial charge is 0.137 e. The molecule has 1 aliphatic rings. The van der Waals surface area contributed by atoms with Crippen molar-refractivity contribution < 1.29 is 4.39 Å². The van der Waals surface area contributed by atoms with Crippen LogP contribution in [0.3, 0.4) is 0 Å². The molecule has 18 heavy (non-hydrogen) atoms. The SMILES string of the molecule is CCC1(C)CN(Cc2ccc(F)c(Br)c2)CCN1. The summed E-state index contributed by atoms with van der Waals surface area (Å²) in [6.45, 7) is 8.47. The summed E-state index contributed by atoms with van der Waals surface area (Å²) < 4.78 is 13.7. The summed E-state index contributed by atoms with van der Waals surface area (Å²) in [5.41, 5.74) is 1.36. The van der Waals surface area contributed by atoms with Crippen LogP contribution in [0, 0.1) is 5.82 Å². The minimum absolute atomic E-state index is 0.197. The van der Waals surface area contributed by atoms with Gasteiger partial charge in [0.2, 0.25) is 0 Å². The molecule has 2 nitrogen and oxygen atoms in total. The van der Waals surface area contributed by atoms with E-state index in [0.29, 0.717) is 4.47 Å². The molecule has 0 radical (unpaired) electrons.